The molecule has 2 N–H and O–H groups in total. The van der Waals surface area contributed by atoms with Crippen molar-refractivity contribution in [3.63, 3.8) is 0 Å². The highest BCUT2D eigenvalue weighted by molar-refractivity contribution is 9.10. The molecule has 7 heteroatoms. The lowest BCUT2D eigenvalue weighted by Gasteiger charge is -1.98. The Balaban J connectivity index is 1.99. The van der Waals surface area contributed by atoms with Crippen LogP contribution in [0.2, 0.25) is 0 Å². The van der Waals surface area contributed by atoms with E-state index in [4.69, 9.17) is 10.3 Å². The van der Waals surface area contributed by atoms with E-state index in [9.17, 15) is 4.39 Å². The van der Waals surface area contributed by atoms with Crippen LogP contribution in [0.15, 0.2) is 45.5 Å². The van der Waals surface area contributed by atoms with Gasteiger partial charge in [0, 0.05) is 16.4 Å². The number of anilines is 1. The first-order valence-electron chi connectivity index (χ1n) is 5.64. The van der Waals surface area contributed by atoms with E-state index in [0.29, 0.717) is 17.2 Å². The minimum atomic E-state index is -0.510. The fourth-order valence-corrected chi connectivity index (χ4v) is 1.88. The van der Waals surface area contributed by atoms with Crippen LogP contribution in [0.1, 0.15) is 0 Å². The lowest BCUT2D eigenvalue weighted by molar-refractivity contribution is 0.429. The number of nitrogens with zero attached hydrogens (tertiary/aromatic N) is 3. The molecule has 3 aromatic rings. The number of hydrogen-bond donors (Lipinski definition) is 1. The van der Waals surface area contributed by atoms with Crippen LogP contribution in [0.25, 0.3) is 23.0 Å². The predicted octanol–water partition coefficient (Wildman–Crippen LogP) is 3.28. The first-order valence-corrected chi connectivity index (χ1v) is 6.44. The number of rotatable bonds is 2. The molecule has 0 saturated carbocycles. The number of benzene rings is 1. The molecule has 0 unspecified atom stereocenters. The largest absolute Gasteiger partial charge is 0.399 e. The van der Waals surface area contributed by atoms with E-state index in [1.54, 1.807) is 18.3 Å². The van der Waals surface area contributed by atoms with Crippen molar-refractivity contribution in [3.8, 4) is 23.0 Å². The van der Waals surface area contributed by atoms with Gasteiger partial charge >= 0.3 is 0 Å². The molecule has 0 amide bonds. The first-order chi connectivity index (χ1) is 9.63. The number of aromatic nitrogens is 3. The number of nitrogens with two attached hydrogens (primary N) is 1. The van der Waals surface area contributed by atoms with Gasteiger partial charge < -0.3 is 10.3 Å². The highest BCUT2D eigenvalue weighted by atomic mass is 79.9. The predicted molar refractivity (Wildman–Crippen MR) is 75.0 cm³/mol. The fourth-order valence-electron chi connectivity index (χ4n) is 1.65. The lowest BCUT2D eigenvalue weighted by atomic mass is 10.2. The molecule has 2 heterocycles. The van der Waals surface area contributed by atoms with Gasteiger partial charge in [0.25, 0.3) is 5.89 Å². The molecule has 0 bridgehead atoms. The van der Waals surface area contributed by atoms with E-state index < -0.39 is 5.82 Å². The molecular formula is C13H8BrFN4O. The Bertz CT molecular complexity index is 757. The summed E-state index contributed by atoms with van der Waals surface area (Å²) in [5, 5.41) is 3.79. The number of pyridine rings is 1. The SMILES string of the molecule is Nc1ccc(-c2nc(-c3ccc(Br)cn3)no2)c(F)c1. The van der Waals surface area contributed by atoms with Crippen LogP contribution in [0, 0.1) is 5.82 Å². The van der Waals surface area contributed by atoms with Crippen LogP contribution in [-0.4, -0.2) is 15.1 Å². The molecule has 0 atom stereocenters. The second-order valence-corrected chi connectivity index (χ2v) is 4.94. The van der Waals surface area contributed by atoms with E-state index in [0.717, 1.165) is 4.47 Å². The van der Waals surface area contributed by atoms with Crippen LogP contribution in [0.4, 0.5) is 10.1 Å². The topological polar surface area (TPSA) is 77.8 Å². The number of halogens is 2. The Morgan fingerprint density at radius 1 is 1.20 bits per heavy atom. The average Bonchev–Trinajstić information content (AvgIpc) is 2.89. The molecule has 0 aliphatic rings. The molecule has 0 radical (unpaired) electrons. The van der Waals surface area contributed by atoms with Crippen molar-refractivity contribution < 1.29 is 8.91 Å². The maximum absolute atomic E-state index is 13.8. The quantitative estimate of drug-likeness (QED) is 0.727. The average molecular weight is 335 g/mol. The van der Waals surface area contributed by atoms with Crippen molar-refractivity contribution in [2.24, 2.45) is 0 Å². The van der Waals surface area contributed by atoms with E-state index in [2.05, 4.69) is 31.1 Å². The van der Waals surface area contributed by atoms with Gasteiger partial charge in [-0.3, -0.25) is 4.98 Å². The summed E-state index contributed by atoms with van der Waals surface area (Å²) in [6.07, 6.45) is 1.62. The van der Waals surface area contributed by atoms with Gasteiger partial charge in [-0.25, -0.2) is 4.39 Å². The molecule has 1 aromatic carbocycles. The summed E-state index contributed by atoms with van der Waals surface area (Å²) < 4.78 is 19.7. The Labute approximate surface area is 121 Å². The molecule has 100 valence electrons. The highest BCUT2D eigenvalue weighted by Crippen LogP contribution is 2.25. The monoisotopic (exact) mass is 334 g/mol. The van der Waals surface area contributed by atoms with Gasteiger partial charge in [0.05, 0.1) is 5.56 Å². The first kappa shape index (κ1) is 12.7. The molecule has 5 nitrogen and oxygen atoms in total. The van der Waals surface area contributed by atoms with Gasteiger partial charge in [0.1, 0.15) is 11.5 Å². The molecule has 0 aliphatic carbocycles. The van der Waals surface area contributed by atoms with Crippen molar-refractivity contribution in [3.05, 3.63) is 46.8 Å². The Hall–Kier alpha value is -2.28. The summed E-state index contributed by atoms with van der Waals surface area (Å²) in [7, 11) is 0. The summed E-state index contributed by atoms with van der Waals surface area (Å²) in [6, 6.07) is 7.81. The van der Waals surface area contributed by atoms with Crippen molar-refractivity contribution in [1.82, 2.24) is 15.1 Å². The third kappa shape index (κ3) is 2.39. The second kappa shape index (κ2) is 5.01. The fraction of sp³-hybridized carbons (Fsp3) is 0. The Morgan fingerprint density at radius 3 is 2.75 bits per heavy atom. The molecule has 0 saturated heterocycles. The highest BCUT2D eigenvalue weighted by Gasteiger charge is 2.15. The smallest absolute Gasteiger partial charge is 0.261 e. The van der Waals surface area contributed by atoms with Crippen LogP contribution < -0.4 is 5.73 Å². The summed E-state index contributed by atoms with van der Waals surface area (Å²) in [6.45, 7) is 0. The molecule has 0 aliphatic heterocycles. The van der Waals surface area contributed by atoms with Crippen LogP contribution in [-0.2, 0) is 0 Å². The van der Waals surface area contributed by atoms with Crippen LogP contribution in [0.5, 0.6) is 0 Å². The van der Waals surface area contributed by atoms with Gasteiger partial charge in [0.2, 0.25) is 5.82 Å². The maximum Gasteiger partial charge on any atom is 0.261 e. The number of hydrogen-bond acceptors (Lipinski definition) is 5. The minimum absolute atomic E-state index is 0.0854. The van der Waals surface area contributed by atoms with E-state index >= 15 is 0 Å². The maximum atomic E-state index is 13.8. The van der Waals surface area contributed by atoms with Crippen LogP contribution in [0.3, 0.4) is 0 Å². The zero-order valence-electron chi connectivity index (χ0n) is 10.0. The zero-order chi connectivity index (χ0) is 14.1. The van der Waals surface area contributed by atoms with Crippen molar-refractivity contribution in [2.75, 3.05) is 5.73 Å². The van der Waals surface area contributed by atoms with E-state index in [1.807, 2.05) is 6.07 Å². The molecule has 3 rings (SSSR count). The zero-order valence-corrected chi connectivity index (χ0v) is 11.6. The molecule has 0 fully saturated rings. The van der Waals surface area contributed by atoms with Crippen molar-refractivity contribution >= 4 is 21.6 Å². The van der Waals surface area contributed by atoms with Gasteiger partial charge in [0.15, 0.2) is 0 Å². The second-order valence-electron chi connectivity index (χ2n) is 4.02. The van der Waals surface area contributed by atoms with Crippen molar-refractivity contribution in [2.45, 2.75) is 0 Å². The number of nitrogen functional groups attached to an aromatic ring is 1. The molecule has 0 spiro atoms. The van der Waals surface area contributed by atoms with Gasteiger partial charge in [-0.2, -0.15) is 4.98 Å². The third-order valence-electron chi connectivity index (χ3n) is 2.61. The minimum Gasteiger partial charge on any atom is -0.399 e. The molecular weight excluding hydrogens is 327 g/mol. The molecule has 2 aromatic heterocycles. The third-order valence-corrected chi connectivity index (χ3v) is 3.08. The van der Waals surface area contributed by atoms with Gasteiger partial charge in [-0.15, -0.1) is 0 Å². The Kier molecular flexibility index (Phi) is 3.19. The van der Waals surface area contributed by atoms with Crippen LogP contribution >= 0.6 is 15.9 Å². The molecule has 20 heavy (non-hydrogen) atoms. The normalized spacial score (nSPS) is 10.7. The van der Waals surface area contributed by atoms with E-state index in [1.165, 1.54) is 12.1 Å². The van der Waals surface area contributed by atoms with Gasteiger partial charge in [-0.1, -0.05) is 5.16 Å². The van der Waals surface area contributed by atoms with Crippen molar-refractivity contribution in [1.29, 1.82) is 0 Å². The summed E-state index contributed by atoms with van der Waals surface area (Å²) in [5.74, 6) is -0.130. The summed E-state index contributed by atoms with van der Waals surface area (Å²) >= 11 is 3.29. The van der Waals surface area contributed by atoms with E-state index in [-0.39, 0.29) is 11.5 Å². The summed E-state index contributed by atoms with van der Waals surface area (Å²) in [4.78, 5) is 8.28. The Morgan fingerprint density at radius 2 is 2.05 bits per heavy atom. The summed E-state index contributed by atoms with van der Waals surface area (Å²) in [5.41, 5.74) is 6.57. The standard InChI is InChI=1S/C13H8BrFN4O/c14-7-1-4-11(17-6-7)12-18-13(20-19-12)9-3-2-8(16)5-10(9)15/h1-6H,16H2. The lowest BCUT2D eigenvalue weighted by Crippen LogP contribution is -1.90. The van der Waals surface area contributed by atoms with Gasteiger partial charge in [-0.05, 0) is 46.3 Å².